The predicted molar refractivity (Wildman–Crippen MR) is 105 cm³/mol. The topological polar surface area (TPSA) is 76.7 Å². The lowest BCUT2D eigenvalue weighted by molar-refractivity contribution is 0.0600. The Balaban J connectivity index is 0.00000264. The van der Waals surface area contributed by atoms with Crippen LogP contribution in [0, 0.1) is 0 Å². The van der Waals surface area contributed by atoms with Crippen LogP contribution in [0.4, 0.5) is 0 Å². The first-order valence-corrected chi connectivity index (χ1v) is 7.80. The molecule has 0 saturated heterocycles. The molecule has 2 rings (SSSR count). The van der Waals surface area contributed by atoms with E-state index in [4.69, 9.17) is 10.5 Å². The molecule has 1 aromatic carbocycles. The van der Waals surface area contributed by atoms with Crippen molar-refractivity contribution in [1.29, 1.82) is 0 Å². The van der Waals surface area contributed by atoms with Gasteiger partial charge in [-0.2, -0.15) is 0 Å². The number of nitrogens with one attached hydrogen (secondary N) is 1. The van der Waals surface area contributed by atoms with E-state index in [0.717, 1.165) is 18.5 Å². The third kappa shape index (κ3) is 6.57. The van der Waals surface area contributed by atoms with Crippen LogP contribution in [-0.2, 0) is 17.7 Å². The van der Waals surface area contributed by atoms with Crippen LogP contribution >= 0.6 is 35.3 Å². The molecule has 1 heterocycles. The number of carbonyl (C=O) groups is 1. The van der Waals surface area contributed by atoms with Crippen molar-refractivity contribution in [2.45, 2.75) is 13.0 Å². The Labute approximate surface area is 157 Å². The molecule has 2 aromatic rings. The van der Waals surface area contributed by atoms with E-state index in [1.165, 1.54) is 12.0 Å². The van der Waals surface area contributed by atoms with Crippen molar-refractivity contribution in [1.82, 2.24) is 5.32 Å². The number of methoxy groups -OCH3 is 1. The Morgan fingerprint density at radius 3 is 2.87 bits per heavy atom. The molecule has 124 valence electrons. The second-order valence-electron chi connectivity index (χ2n) is 4.65. The van der Waals surface area contributed by atoms with Crippen LogP contribution in [0.1, 0.15) is 20.8 Å². The number of benzene rings is 1. The maximum atomic E-state index is 11.5. The summed E-state index contributed by atoms with van der Waals surface area (Å²) in [4.78, 5) is 17.0. The number of hydrogen-bond donors (Lipinski definition) is 2. The van der Waals surface area contributed by atoms with Gasteiger partial charge in [-0.15, -0.1) is 35.3 Å². The molecule has 0 aliphatic heterocycles. The summed E-state index contributed by atoms with van der Waals surface area (Å²) in [6, 6.07) is 11.3. The highest BCUT2D eigenvalue weighted by molar-refractivity contribution is 14.0. The number of halogens is 1. The van der Waals surface area contributed by atoms with E-state index in [0.29, 0.717) is 18.1 Å². The second kappa shape index (κ2) is 10.2. The van der Waals surface area contributed by atoms with Crippen molar-refractivity contribution in [3.05, 3.63) is 57.8 Å². The van der Waals surface area contributed by atoms with E-state index in [1.807, 2.05) is 12.1 Å². The first-order valence-electron chi connectivity index (χ1n) is 6.92. The number of ether oxygens (including phenoxy) is 1. The lowest BCUT2D eigenvalue weighted by Gasteiger charge is -2.05. The summed E-state index contributed by atoms with van der Waals surface area (Å²) < 4.78 is 4.69. The van der Waals surface area contributed by atoms with Gasteiger partial charge in [-0.3, -0.25) is 0 Å². The molecule has 0 aliphatic rings. The smallest absolute Gasteiger partial charge is 0.337 e. The van der Waals surface area contributed by atoms with Gasteiger partial charge in [-0.1, -0.05) is 18.2 Å². The number of guanidine groups is 1. The fraction of sp³-hybridized carbons (Fsp3) is 0.250. The third-order valence-electron chi connectivity index (χ3n) is 3.04. The highest BCUT2D eigenvalue weighted by Crippen LogP contribution is 2.09. The minimum atomic E-state index is -0.354. The van der Waals surface area contributed by atoms with Gasteiger partial charge in [-0.05, 0) is 35.6 Å². The summed E-state index contributed by atoms with van der Waals surface area (Å²) in [6.07, 6.45) is 0.922. The number of nitrogens with zero attached hydrogens (tertiary/aromatic N) is 1. The van der Waals surface area contributed by atoms with Crippen LogP contribution in [0.2, 0.25) is 0 Å². The number of rotatable bonds is 6. The number of aliphatic imine (C=N–C) groups is 1. The minimum Gasteiger partial charge on any atom is -0.465 e. The minimum absolute atomic E-state index is 0. The molecule has 1 aromatic heterocycles. The van der Waals surface area contributed by atoms with Crippen LogP contribution in [0.15, 0.2) is 46.8 Å². The molecular weight excluding hydrogens is 425 g/mol. The third-order valence-corrected chi connectivity index (χ3v) is 3.97. The molecule has 5 nitrogen and oxygen atoms in total. The van der Waals surface area contributed by atoms with E-state index in [9.17, 15) is 4.79 Å². The zero-order valence-electron chi connectivity index (χ0n) is 12.8. The summed E-state index contributed by atoms with van der Waals surface area (Å²) in [5.74, 6) is 0.0490. The van der Waals surface area contributed by atoms with Gasteiger partial charge in [0, 0.05) is 11.4 Å². The highest BCUT2D eigenvalue weighted by atomic mass is 127. The number of esters is 1. The van der Waals surface area contributed by atoms with Gasteiger partial charge < -0.3 is 15.8 Å². The molecular formula is C16H20IN3O2S. The second-order valence-corrected chi connectivity index (χ2v) is 5.68. The van der Waals surface area contributed by atoms with Crippen LogP contribution in [-0.4, -0.2) is 25.6 Å². The molecule has 0 fully saturated rings. The van der Waals surface area contributed by atoms with E-state index in [2.05, 4.69) is 21.8 Å². The standard InChI is InChI=1S/C16H19N3O2S.HI/c1-21-15(20)13-5-2-4-12(10-13)11-19-16(17)18-8-7-14-6-3-9-22-14;/h2-6,9-10H,7-8,11H2,1H3,(H3,17,18,19);1H. The molecule has 23 heavy (non-hydrogen) atoms. The van der Waals surface area contributed by atoms with Crippen molar-refractivity contribution in [2.75, 3.05) is 13.7 Å². The summed E-state index contributed by atoms with van der Waals surface area (Å²) in [6.45, 7) is 1.17. The van der Waals surface area contributed by atoms with Gasteiger partial charge in [0.1, 0.15) is 0 Å². The zero-order chi connectivity index (χ0) is 15.8. The van der Waals surface area contributed by atoms with Crippen molar-refractivity contribution in [3.63, 3.8) is 0 Å². The van der Waals surface area contributed by atoms with Crippen LogP contribution < -0.4 is 11.1 Å². The molecule has 7 heteroatoms. The molecule has 0 spiro atoms. The van der Waals surface area contributed by atoms with Gasteiger partial charge in [0.15, 0.2) is 5.96 Å². The predicted octanol–water partition coefficient (Wildman–Crippen LogP) is 2.80. The van der Waals surface area contributed by atoms with E-state index < -0.39 is 0 Å². The van der Waals surface area contributed by atoms with Gasteiger partial charge in [0.2, 0.25) is 0 Å². The molecule has 0 atom stereocenters. The number of hydrogen-bond acceptors (Lipinski definition) is 4. The van der Waals surface area contributed by atoms with Crippen LogP contribution in [0.3, 0.4) is 0 Å². The van der Waals surface area contributed by atoms with Crippen molar-refractivity contribution >= 4 is 47.2 Å². The molecule has 0 aliphatic carbocycles. The number of nitrogens with two attached hydrogens (primary N) is 1. The Hall–Kier alpha value is -1.61. The number of thiophene rings is 1. The summed E-state index contributed by atoms with van der Waals surface area (Å²) in [5.41, 5.74) is 7.26. The SMILES string of the molecule is COC(=O)c1cccc(CN=C(N)NCCc2cccs2)c1.I. The van der Waals surface area contributed by atoms with Crippen molar-refractivity contribution < 1.29 is 9.53 Å². The molecule has 0 amide bonds. The van der Waals surface area contributed by atoms with Gasteiger partial charge in [0.25, 0.3) is 0 Å². The van der Waals surface area contributed by atoms with Gasteiger partial charge >= 0.3 is 5.97 Å². The lowest BCUT2D eigenvalue weighted by atomic mass is 10.1. The maximum Gasteiger partial charge on any atom is 0.337 e. The van der Waals surface area contributed by atoms with Gasteiger partial charge in [-0.25, -0.2) is 9.79 Å². The average molecular weight is 445 g/mol. The highest BCUT2D eigenvalue weighted by Gasteiger charge is 2.05. The zero-order valence-corrected chi connectivity index (χ0v) is 16.0. The van der Waals surface area contributed by atoms with Crippen molar-refractivity contribution in [2.24, 2.45) is 10.7 Å². The quantitative estimate of drug-likeness (QED) is 0.310. The number of carbonyl (C=O) groups excluding carboxylic acids is 1. The van der Waals surface area contributed by atoms with E-state index >= 15 is 0 Å². The van der Waals surface area contributed by atoms with Crippen LogP contribution in [0.5, 0.6) is 0 Å². The Morgan fingerprint density at radius 2 is 2.17 bits per heavy atom. The Kier molecular flexibility index (Phi) is 8.64. The summed E-state index contributed by atoms with van der Waals surface area (Å²) in [5, 5.41) is 5.14. The molecule has 3 N–H and O–H groups in total. The first kappa shape index (κ1) is 19.4. The van der Waals surface area contributed by atoms with Gasteiger partial charge in [0.05, 0.1) is 19.2 Å². The normalized spacial score (nSPS) is 10.7. The summed E-state index contributed by atoms with van der Waals surface area (Å²) >= 11 is 1.73. The average Bonchev–Trinajstić information content (AvgIpc) is 3.06. The molecule has 0 bridgehead atoms. The van der Waals surface area contributed by atoms with E-state index in [1.54, 1.807) is 29.5 Å². The molecule has 0 unspecified atom stereocenters. The van der Waals surface area contributed by atoms with E-state index in [-0.39, 0.29) is 29.9 Å². The molecule has 0 radical (unpaired) electrons. The summed E-state index contributed by atoms with van der Waals surface area (Å²) in [7, 11) is 1.36. The Bertz CT molecular complexity index is 645. The molecule has 0 saturated carbocycles. The first-order chi connectivity index (χ1) is 10.7. The lowest BCUT2D eigenvalue weighted by Crippen LogP contribution is -2.33. The largest absolute Gasteiger partial charge is 0.465 e. The van der Waals surface area contributed by atoms with Crippen molar-refractivity contribution in [3.8, 4) is 0 Å². The maximum absolute atomic E-state index is 11.5. The fourth-order valence-corrected chi connectivity index (χ4v) is 2.62. The monoisotopic (exact) mass is 445 g/mol. The Morgan fingerprint density at radius 1 is 1.35 bits per heavy atom. The van der Waals surface area contributed by atoms with Crippen LogP contribution in [0.25, 0.3) is 0 Å². The fourth-order valence-electron chi connectivity index (χ4n) is 1.92.